The van der Waals surface area contributed by atoms with Crippen molar-refractivity contribution in [3.63, 3.8) is 0 Å². The van der Waals surface area contributed by atoms with Crippen LogP contribution in [0.15, 0.2) is 29.1 Å². The highest BCUT2D eigenvalue weighted by Crippen LogP contribution is 2.40. The Morgan fingerprint density at radius 2 is 2.05 bits per heavy atom. The van der Waals surface area contributed by atoms with Gasteiger partial charge in [0, 0.05) is 5.75 Å². The molecule has 16 heteroatoms. The average Bonchev–Trinajstić information content (AvgIpc) is 3.19. The van der Waals surface area contributed by atoms with Crippen LogP contribution in [0.5, 0.6) is 0 Å². The predicted octanol–water partition coefficient (Wildman–Crippen LogP) is 1.74. The van der Waals surface area contributed by atoms with Gasteiger partial charge in [0.1, 0.15) is 32.7 Å². The number of β-lactam (4-membered cyclic amide) rings is 1. The van der Waals surface area contributed by atoms with Crippen LogP contribution in [0.4, 0.5) is 5.13 Å². The fourth-order valence-corrected chi connectivity index (χ4v) is 5.66. The van der Waals surface area contributed by atoms with Crippen LogP contribution in [0.1, 0.15) is 33.4 Å². The Kier molecular flexibility index (Phi) is 8.84. The van der Waals surface area contributed by atoms with Gasteiger partial charge in [-0.25, -0.2) is 14.6 Å². The molecule has 0 saturated carbocycles. The molecule has 3 N–H and O–H groups in total. The molecule has 1 fully saturated rings. The van der Waals surface area contributed by atoms with Crippen molar-refractivity contribution in [2.24, 2.45) is 5.16 Å². The second-order valence-corrected chi connectivity index (χ2v) is 11.6. The Hall–Kier alpha value is -3.43. The number of fused-ring (bicyclic) bond motifs is 1. The maximum atomic E-state index is 13.3. The fraction of sp³-hybridized carbons (Fsp3) is 0.409. The first-order chi connectivity index (χ1) is 17.8. The van der Waals surface area contributed by atoms with Crippen LogP contribution in [0.3, 0.4) is 0 Å². The topological polar surface area (TPSA) is 177 Å². The molecular formula is C22H24ClN5O8S2. The van der Waals surface area contributed by atoms with Gasteiger partial charge in [0.25, 0.3) is 11.8 Å². The summed E-state index contributed by atoms with van der Waals surface area (Å²) < 4.78 is 5.20. The number of aromatic nitrogens is 1. The second-order valence-electron chi connectivity index (χ2n) is 8.87. The molecule has 0 spiro atoms. The zero-order valence-electron chi connectivity index (χ0n) is 20.6. The first-order valence-electron chi connectivity index (χ1n) is 11.0. The van der Waals surface area contributed by atoms with Crippen LogP contribution >= 0.6 is 34.7 Å². The molecule has 1 aromatic heterocycles. The van der Waals surface area contributed by atoms with Crippen molar-refractivity contribution in [2.75, 3.05) is 11.1 Å². The van der Waals surface area contributed by atoms with E-state index in [1.54, 1.807) is 20.8 Å². The van der Waals surface area contributed by atoms with Crippen LogP contribution in [-0.4, -0.2) is 79.7 Å². The lowest BCUT2D eigenvalue weighted by molar-refractivity contribution is -0.167. The number of ether oxygens (including phenoxy) is 1. The molecule has 0 radical (unpaired) electrons. The number of hydrogen-bond donors (Lipinski definition) is 3. The van der Waals surface area contributed by atoms with E-state index in [9.17, 15) is 29.1 Å². The largest absolute Gasteiger partial charge is 0.477 e. The van der Waals surface area contributed by atoms with Crippen LogP contribution in [0, 0.1) is 0 Å². The lowest BCUT2D eigenvalue weighted by Crippen LogP contribution is -2.71. The van der Waals surface area contributed by atoms with E-state index in [1.807, 2.05) is 0 Å². The summed E-state index contributed by atoms with van der Waals surface area (Å²) in [5, 5.41) is 17.6. The van der Waals surface area contributed by atoms with E-state index in [0.29, 0.717) is 12.0 Å². The summed E-state index contributed by atoms with van der Waals surface area (Å²) >= 11 is 8.31. The van der Waals surface area contributed by atoms with Gasteiger partial charge < -0.3 is 25.3 Å². The summed E-state index contributed by atoms with van der Waals surface area (Å²) in [5.41, 5.74) is -1.26. The number of carboxylic acids is 1. The number of esters is 1. The molecule has 3 atom stereocenters. The van der Waals surface area contributed by atoms with Gasteiger partial charge in [-0.1, -0.05) is 40.7 Å². The number of nitrogens with zero attached hydrogens (tertiary/aromatic N) is 3. The number of nitrogens with one attached hydrogen (secondary N) is 2. The number of allylic oxidation sites excluding steroid dienone is 1. The summed E-state index contributed by atoms with van der Waals surface area (Å²) in [4.78, 5) is 71.4. The number of hydrogen-bond acceptors (Lipinski definition) is 11. The van der Waals surface area contributed by atoms with E-state index < -0.39 is 52.6 Å². The number of aliphatic carboxylic acids is 1. The smallest absolute Gasteiger partial charge is 0.352 e. The Morgan fingerprint density at radius 1 is 1.37 bits per heavy atom. The second kappa shape index (κ2) is 11.5. The third-order valence-corrected chi connectivity index (χ3v) is 7.47. The molecule has 0 bridgehead atoms. The van der Waals surface area contributed by atoms with Gasteiger partial charge in [-0.15, -0.1) is 11.8 Å². The number of halogens is 1. The highest BCUT2D eigenvalue weighted by Gasteiger charge is 2.54. The zero-order valence-corrected chi connectivity index (χ0v) is 23.0. The molecule has 1 saturated heterocycles. The number of amides is 3. The molecule has 204 valence electrons. The summed E-state index contributed by atoms with van der Waals surface area (Å²) in [5.74, 6) is -3.35. The summed E-state index contributed by atoms with van der Waals surface area (Å²) in [7, 11) is 0. The van der Waals surface area contributed by atoms with Crippen molar-refractivity contribution in [1.82, 2.24) is 15.2 Å². The fourth-order valence-electron chi connectivity index (χ4n) is 3.32. The molecule has 38 heavy (non-hydrogen) atoms. The van der Waals surface area contributed by atoms with Gasteiger partial charge in [0.05, 0.1) is 0 Å². The number of carboxylic acid groups (broad SMARTS) is 1. The Morgan fingerprint density at radius 3 is 2.63 bits per heavy atom. The van der Waals surface area contributed by atoms with Crippen molar-refractivity contribution in [1.29, 1.82) is 0 Å². The van der Waals surface area contributed by atoms with E-state index >= 15 is 0 Å². The number of rotatable bonds is 10. The van der Waals surface area contributed by atoms with Gasteiger partial charge in [-0.3, -0.25) is 19.3 Å². The SMILES string of the molecule is C=CC1=C(C(=O)O)N2C(=O)C(NC(=O)/C(=N\OC(C)C(=O)OC(C)(C)C)c3nc(NC=O)sc3Cl)[C@H]2SC1. The third kappa shape index (κ3) is 6.16. The van der Waals surface area contributed by atoms with Crippen LogP contribution in [-0.2, 0) is 33.5 Å². The number of carbonyl (C=O) groups is 5. The molecule has 3 amide bonds. The minimum absolute atomic E-state index is 0.0305. The molecule has 3 rings (SSSR count). The Bertz CT molecular complexity index is 1250. The number of carbonyl (C=O) groups excluding carboxylic acids is 4. The molecule has 0 aromatic carbocycles. The zero-order chi connectivity index (χ0) is 28.4. The highest BCUT2D eigenvalue weighted by atomic mass is 35.5. The van der Waals surface area contributed by atoms with Gasteiger partial charge in [0.15, 0.2) is 10.8 Å². The summed E-state index contributed by atoms with van der Waals surface area (Å²) in [6.07, 6.45) is 0.510. The third-order valence-electron chi connectivity index (χ3n) is 4.98. The molecular weight excluding hydrogens is 562 g/mol. The van der Waals surface area contributed by atoms with Gasteiger partial charge in [-0.2, -0.15) is 0 Å². The molecule has 1 aromatic rings. The minimum Gasteiger partial charge on any atom is -0.477 e. The van der Waals surface area contributed by atoms with Crippen molar-refractivity contribution in [2.45, 2.75) is 50.8 Å². The highest BCUT2D eigenvalue weighted by molar-refractivity contribution is 8.00. The van der Waals surface area contributed by atoms with Gasteiger partial charge in [0.2, 0.25) is 12.5 Å². The molecule has 2 aliphatic heterocycles. The monoisotopic (exact) mass is 585 g/mol. The maximum absolute atomic E-state index is 13.3. The number of thiazole rings is 1. The molecule has 2 aliphatic rings. The number of oxime groups is 1. The number of thioether (sulfide) groups is 1. The average molecular weight is 586 g/mol. The van der Waals surface area contributed by atoms with E-state index in [-0.39, 0.29) is 26.6 Å². The molecule has 13 nitrogen and oxygen atoms in total. The van der Waals surface area contributed by atoms with E-state index in [2.05, 4.69) is 27.4 Å². The van der Waals surface area contributed by atoms with Crippen molar-refractivity contribution < 1.29 is 38.7 Å². The van der Waals surface area contributed by atoms with E-state index in [4.69, 9.17) is 21.2 Å². The predicted molar refractivity (Wildman–Crippen MR) is 140 cm³/mol. The number of anilines is 1. The van der Waals surface area contributed by atoms with Crippen molar-refractivity contribution >= 4 is 75.7 Å². The van der Waals surface area contributed by atoms with Gasteiger partial charge >= 0.3 is 11.9 Å². The van der Waals surface area contributed by atoms with Crippen LogP contribution in [0.2, 0.25) is 4.34 Å². The quantitative estimate of drug-likeness (QED) is 0.120. The molecule has 2 unspecified atom stereocenters. The first-order valence-corrected chi connectivity index (χ1v) is 13.2. The Labute approximate surface area is 230 Å². The van der Waals surface area contributed by atoms with Crippen molar-refractivity contribution in [3.8, 4) is 0 Å². The minimum atomic E-state index is -1.29. The van der Waals surface area contributed by atoms with E-state index in [1.165, 1.54) is 24.8 Å². The standard InChI is InChI=1S/C22H24ClN5O8S2/c1-6-10-7-37-18-13(17(31)28(18)14(10)19(32)33)25-16(30)12(11-15(23)38-21(26-11)24-8-29)27-36-9(2)20(34)35-22(3,4)5/h6,8-9,13,18H,1,7H2,2-5H3,(H,25,30)(H,32,33)(H,24,26,29)/b27-12-/t9?,13?,18-/m1/s1. The normalized spacial score (nSPS) is 20.1. The molecule has 3 heterocycles. The lowest BCUT2D eigenvalue weighted by atomic mass is 10.0. The lowest BCUT2D eigenvalue weighted by Gasteiger charge is -2.49. The molecule has 0 aliphatic carbocycles. The summed E-state index contributed by atoms with van der Waals surface area (Å²) in [6.45, 7) is 9.95. The Balaban J connectivity index is 1.87. The summed E-state index contributed by atoms with van der Waals surface area (Å²) in [6, 6.07) is -1.09. The van der Waals surface area contributed by atoms with Crippen LogP contribution in [0.25, 0.3) is 0 Å². The first kappa shape index (κ1) is 29.1. The maximum Gasteiger partial charge on any atom is 0.352 e. The van der Waals surface area contributed by atoms with Crippen LogP contribution < -0.4 is 10.6 Å². The van der Waals surface area contributed by atoms with E-state index in [0.717, 1.165) is 16.2 Å². The van der Waals surface area contributed by atoms with Gasteiger partial charge in [-0.05, 0) is 33.3 Å². The van der Waals surface area contributed by atoms with Crippen molar-refractivity contribution in [3.05, 3.63) is 34.0 Å².